The molecule has 3 aromatic rings. The Balaban J connectivity index is 1.42. The van der Waals surface area contributed by atoms with E-state index < -0.39 is 10.0 Å². The number of amides is 1. The molecule has 0 radical (unpaired) electrons. The van der Waals surface area contributed by atoms with Gasteiger partial charge in [-0.25, -0.2) is 8.42 Å². The normalized spacial score (nSPS) is 16.0. The fraction of sp³-hybridized carbons (Fsp3) is 0.375. The maximum Gasteiger partial charge on any atom is 0.261 e. The summed E-state index contributed by atoms with van der Waals surface area (Å²) in [4.78, 5) is 13.8. The van der Waals surface area contributed by atoms with Gasteiger partial charge in [0.05, 0.1) is 4.90 Å². The van der Waals surface area contributed by atoms with Gasteiger partial charge >= 0.3 is 0 Å². The number of nitrogens with zero attached hydrogens (tertiary/aromatic N) is 4. The molecule has 0 unspecified atom stereocenters. The van der Waals surface area contributed by atoms with Crippen molar-refractivity contribution in [3.63, 3.8) is 0 Å². The molecule has 3 heterocycles. The van der Waals surface area contributed by atoms with Gasteiger partial charge in [-0.2, -0.15) is 0 Å². The van der Waals surface area contributed by atoms with Crippen molar-refractivity contribution in [2.75, 3.05) is 16.2 Å². The number of nitrogens with one attached hydrogen (secondary N) is 1. The molecule has 2 aromatic carbocycles. The molecule has 8 nitrogen and oxygen atoms in total. The number of fused-ring (bicyclic) bond motifs is 2. The molecule has 1 aromatic heterocycles. The average Bonchev–Trinajstić information content (AvgIpc) is 3.06. The molecule has 9 heteroatoms. The standard InChI is InChI=1S/C24H27N5O3S/c1-17(30)28-14-6-8-18-16-21(11-12-22(18)28)33(31,32)27-20-9-5-7-19(15-20)24-26-25-23-10-3-2-4-13-29(23)24/h5,7,9,11-12,15-16,27H,2-4,6,8,10,13-14H2,1H3. The molecule has 0 saturated carbocycles. The van der Waals surface area contributed by atoms with Crippen molar-refractivity contribution in [3.8, 4) is 11.4 Å². The van der Waals surface area contributed by atoms with E-state index in [4.69, 9.17) is 0 Å². The molecule has 33 heavy (non-hydrogen) atoms. The van der Waals surface area contributed by atoms with Crippen LogP contribution < -0.4 is 9.62 Å². The maximum absolute atomic E-state index is 13.2. The third-order valence-electron chi connectivity index (χ3n) is 6.34. The van der Waals surface area contributed by atoms with E-state index >= 15 is 0 Å². The second kappa shape index (κ2) is 8.62. The maximum atomic E-state index is 13.2. The lowest BCUT2D eigenvalue weighted by Crippen LogP contribution is -2.33. The highest BCUT2D eigenvalue weighted by Crippen LogP contribution is 2.31. The molecule has 2 aliphatic heterocycles. The Morgan fingerprint density at radius 1 is 0.970 bits per heavy atom. The molecule has 1 amide bonds. The van der Waals surface area contributed by atoms with Gasteiger partial charge in [0.1, 0.15) is 5.82 Å². The van der Waals surface area contributed by atoms with E-state index in [1.54, 1.807) is 35.2 Å². The molecule has 0 fully saturated rings. The zero-order valence-electron chi connectivity index (χ0n) is 18.6. The van der Waals surface area contributed by atoms with Crippen molar-refractivity contribution in [1.82, 2.24) is 14.8 Å². The predicted octanol–water partition coefficient (Wildman–Crippen LogP) is 3.77. The lowest BCUT2D eigenvalue weighted by atomic mass is 10.0. The summed E-state index contributed by atoms with van der Waals surface area (Å²) in [5, 5.41) is 8.73. The molecule has 2 aliphatic rings. The predicted molar refractivity (Wildman–Crippen MR) is 127 cm³/mol. The van der Waals surface area contributed by atoms with Gasteiger partial charge in [0.15, 0.2) is 5.82 Å². The van der Waals surface area contributed by atoms with E-state index in [-0.39, 0.29) is 10.8 Å². The second-order valence-corrected chi connectivity index (χ2v) is 10.3. The molecule has 0 saturated heterocycles. The van der Waals surface area contributed by atoms with E-state index in [1.165, 1.54) is 13.3 Å². The number of hydrogen-bond donors (Lipinski definition) is 1. The van der Waals surface area contributed by atoms with Crippen LogP contribution in [0.3, 0.4) is 0 Å². The molecular weight excluding hydrogens is 438 g/mol. The number of anilines is 2. The Bertz CT molecular complexity index is 1320. The number of carbonyl (C=O) groups is 1. The first kappa shape index (κ1) is 21.6. The van der Waals surface area contributed by atoms with E-state index in [0.29, 0.717) is 12.2 Å². The van der Waals surface area contributed by atoms with Crippen molar-refractivity contribution in [3.05, 3.63) is 53.9 Å². The number of sulfonamides is 1. The van der Waals surface area contributed by atoms with E-state index in [1.807, 2.05) is 12.1 Å². The molecular formula is C24H27N5O3S. The summed E-state index contributed by atoms with van der Waals surface area (Å²) in [7, 11) is -3.79. The highest BCUT2D eigenvalue weighted by Gasteiger charge is 2.23. The average molecular weight is 466 g/mol. The zero-order valence-corrected chi connectivity index (χ0v) is 19.4. The van der Waals surface area contributed by atoms with Crippen molar-refractivity contribution >= 4 is 27.3 Å². The van der Waals surface area contributed by atoms with Crippen molar-refractivity contribution in [2.24, 2.45) is 0 Å². The summed E-state index contributed by atoms with van der Waals surface area (Å²) in [6.07, 6.45) is 5.85. The molecule has 0 aliphatic carbocycles. The smallest absolute Gasteiger partial charge is 0.261 e. The van der Waals surface area contributed by atoms with Gasteiger partial charge in [-0.15, -0.1) is 10.2 Å². The number of aromatic nitrogens is 3. The zero-order chi connectivity index (χ0) is 23.0. The summed E-state index contributed by atoms with van der Waals surface area (Å²) >= 11 is 0. The van der Waals surface area contributed by atoms with Gasteiger partial charge in [-0.1, -0.05) is 18.6 Å². The third kappa shape index (κ3) is 4.25. The SMILES string of the molecule is CC(=O)N1CCCc2cc(S(=O)(=O)Nc3cccc(-c4nnc5n4CCCCC5)c3)ccc21. The second-order valence-electron chi connectivity index (χ2n) is 8.65. The largest absolute Gasteiger partial charge is 0.312 e. The van der Waals surface area contributed by atoms with Gasteiger partial charge in [-0.3, -0.25) is 9.52 Å². The van der Waals surface area contributed by atoms with Crippen LogP contribution in [0.1, 0.15) is 44.0 Å². The van der Waals surface area contributed by atoms with Crippen LogP contribution >= 0.6 is 0 Å². The quantitative estimate of drug-likeness (QED) is 0.633. The van der Waals surface area contributed by atoms with Crippen LogP contribution in [0.4, 0.5) is 11.4 Å². The molecule has 0 spiro atoms. The fourth-order valence-corrected chi connectivity index (χ4v) is 5.80. The van der Waals surface area contributed by atoms with Crippen LogP contribution in [0.2, 0.25) is 0 Å². The van der Waals surface area contributed by atoms with Crippen molar-refractivity contribution in [1.29, 1.82) is 0 Å². The minimum atomic E-state index is -3.79. The first-order valence-electron chi connectivity index (χ1n) is 11.4. The molecule has 1 N–H and O–H groups in total. The van der Waals surface area contributed by atoms with Crippen LogP contribution in [0.25, 0.3) is 11.4 Å². The summed E-state index contributed by atoms with van der Waals surface area (Å²) in [6.45, 7) is 3.06. The summed E-state index contributed by atoms with van der Waals surface area (Å²) in [6, 6.07) is 12.2. The minimum Gasteiger partial charge on any atom is -0.312 e. The summed E-state index contributed by atoms with van der Waals surface area (Å²) < 4.78 is 31.2. The number of rotatable bonds is 4. The van der Waals surface area contributed by atoms with Crippen molar-refractivity contribution < 1.29 is 13.2 Å². The fourth-order valence-electron chi connectivity index (χ4n) is 4.70. The van der Waals surface area contributed by atoms with Crippen LogP contribution in [0, 0.1) is 0 Å². The lowest BCUT2D eigenvalue weighted by molar-refractivity contribution is -0.116. The van der Waals surface area contributed by atoms with E-state index in [0.717, 1.165) is 67.1 Å². The number of carbonyl (C=O) groups excluding carboxylic acids is 1. The number of hydrogen-bond acceptors (Lipinski definition) is 5. The summed E-state index contributed by atoms with van der Waals surface area (Å²) in [5.41, 5.74) is 2.97. The van der Waals surface area contributed by atoms with Crippen LogP contribution in [0.5, 0.6) is 0 Å². The number of aryl methyl sites for hydroxylation is 2. The van der Waals surface area contributed by atoms with Crippen LogP contribution in [-0.4, -0.2) is 35.6 Å². The Kier molecular flexibility index (Phi) is 5.65. The number of benzene rings is 2. The van der Waals surface area contributed by atoms with E-state index in [9.17, 15) is 13.2 Å². The minimum absolute atomic E-state index is 0.0344. The molecule has 5 rings (SSSR count). The third-order valence-corrected chi connectivity index (χ3v) is 7.72. The molecule has 0 atom stereocenters. The first-order valence-corrected chi connectivity index (χ1v) is 12.9. The Morgan fingerprint density at radius 2 is 1.85 bits per heavy atom. The highest BCUT2D eigenvalue weighted by atomic mass is 32.2. The topological polar surface area (TPSA) is 97.2 Å². The molecule has 172 valence electrons. The van der Waals surface area contributed by atoms with Gasteiger partial charge in [0.2, 0.25) is 5.91 Å². The monoisotopic (exact) mass is 465 g/mol. The van der Waals surface area contributed by atoms with Crippen molar-refractivity contribution in [2.45, 2.75) is 56.9 Å². The summed E-state index contributed by atoms with van der Waals surface area (Å²) in [5.74, 6) is 1.72. The van der Waals surface area contributed by atoms with Crippen LogP contribution in [-0.2, 0) is 34.2 Å². The van der Waals surface area contributed by atoms with Gasteiger partial charge in [0, 0.05) is 43.4 Å². The van der Waals surface area contributed by atoms with E-state index in [2.05, 4.69) is 19.5 Å². The molecule has 0 bridgehead atoms. The highest BCUT2D eigenvalue weighted by molar-refractivity contribution is 7.92. The Hall–Kier alpha value is -3.20. The lowest BCUT2D eigenvalue weighted by Gasteiger charge is -2.28. The Labute approximate surface area is 193 Å². The van der Waals surface area contributed by atoms with Gasteiger partial charge in [0.25, 0.3) is 10.0 Å². The first-order chi connectivity index (χ1) is 15.9. The van der Waals surface area contributed by atoms with Crippen LogP contribution in [0.15, 0.2) is 47.4 Å². The Morgan fingerprint density at radius 3 is 2.70 bits per heavy atom. The van der Waals surface area contributed by atoms with Gasteiger partial charge < -0.3 is 9.47 Å². The van der Waals surface area contributed by atoms with Gasteiger partial charge in [-0.05, 0) is 61.6 Å².